The first-order valence-corrected chi connectivity index (χ1v) is 5.91. The van der Waals surface area contributed by atoms with Crippen LogP contribution in [0.1, 0.15) is 23.7 Å². The number of ether oxygens (including phenoxy) is 1. The van der Waals surface area contributed by atoms with E-state index in [9.17, 15) is 9.90 Å². The van der Waals surface area contributed by atoms with Crippen LogP contribution in [0.15, 0.2) is 18.2 Å². The molecular weight excluding hydrogens is 234 g/mol. The molecule has 0 atom stereocenters. The number of amides is 1. The third-order valence-electron chi connectivity index (χ3n) is 2.58. The van der Waals surface area contributed by atoms with Crippen molar-refractivity contribution in [2.24, 2.45) is 0 Å². The summed E-state index contributed by atoms with van der Waals surface area (Å²) >= 11 is 0. The Balaban J connectivity index is 2.90. The molecule has 0 aromatic heterocycles. The van der Waals surface area contributed by atoms with E-state index in [0.717, 1.165) is 6.42 Å². The summed E-state index contributed by atoms with van der Waals surface area (Å²) in [5.41, 5.74) is 0.384. The summed E-state index contributed by atoms with van der Waals surface area (Å²) < 4.78 is 4.92. The largest absolute Gasteiger partial charge is 0.504 e. The monoisotopic (exact) mass is 253 g/mol. The molecule has 5 heteroatoms. The molecule has 5 nitrogen and oxygen atoms in total. The zero-order valence-electron chi connectivity index (χ0n) is 10.7. The lowest BCUT2D eigenvalue weighted by Crippen LogP contribution is -2.34. The fourth-order valence-electron chi connectivity index (χ4n) is 1.71. The number of phenolic OH excluding ortho intramolecular Hbond substituents is 1. The maximum Gasteiger partial charge on any atom is 0.254 e. The second kappa shape index (κ2) is 6.86. The number of aliphatic hydroxyl groups is 1. The SMILES string of the molecule is CCCN(CCO)C(=O)c1ccc(OC)c(O)c1. The fourth-order valence-corrected chi connectivity index (χ4v) is 1.71. The molecule has 1 rings (SSSR count). The van der Waals surface area contributed by atoms with Crippen LogP contribution in [-0.4, -0.2) is 47.8 Å². The Morgan fingerprint density at radius 2 is 2.11 bits per heavy atom. The molecule has 1 aromatic rings. The van der Waals surface area contributed by atoms with Crippen LogP contribution in [0.25, 0.3) is 0 Å². The van der Waals surface area contributed by atoms with Crippen LogP contribution in [0.3, 0.4) is 0 Å². The minimum atomic E-state index is -0.205. The smallest absolute Gasteiger partial charge is 0.254 e. The molecule has 0 fully saturated rings. The third kappa shape index (κ3) is 3.37. The maximum atomic E-state index is 12.1. The Labute approximate surface area is 107 Å². The number of phenols is 1. The second-order valence-corrected chi connectivity index (χ2v) is 3.90. The number of methoxy groups -OCH3 is 1. The van der Waals surface area contributed by atoms with Gasteiger partial charge in [-0.15, -0.1) is 0 Å². The summed E-state index contributed by atoms with van der Waals surface area (Å²) in [5.74, 6) is 0.0587. The lowest BCUT2D eigenvalue weighted by atomic mass is 10.1. The van der Waals surface area contributed by atoms with E-state index in [1.165, 1.54) is 13.2 Å². The van der Waals surface area contributed by atoms with Gasteiger partial charge in [-0.05, 0) is 24.6 Å². The van der Waals surface area contributed by atoms with Gasteiger partial charge in [0.2, 0.25) is 0 Å². The van der Waals surface area contributed by atoms with Crippen molar-refractivity contribution in [2.45, 2.75) is 13.3 Å². The number of carbonyl (C=O) groups is 1. The minimum absolute atomic E-state index is 0.0659. The predicted molar refractivity (Wildman–Crippen MR) is 67.9 cm³/mol. The first-order chi connectivity index (χ1) is 8.63. The molecule has 0 saturated carbocycles. The summed E-state index contributed by atoms with van der Waals surface area (Å²) in [6.07, 6.45) is 0.813. The van der Waals surface area contributed by atoms with Crippen molar-refractivity contribution in [3.05, 3.63) is 23.8 Å². The molecule has 0 aliphatic heterocycles. The van der Waals surface area contributed by atoms with Gasteiger partial charge >= 0.3 is 0 Å². The van der Waals surface area contributed by atoms with Crippen molar-refractivity contribution >= 4 is 5.91 Å². The Morgan fingerprint density at radius 1 is 1.39 bits per heavy atom. The molecule has 0 unspecified atom stereocenters. The molecule has 0 aliphatic rings. The Kier molecular flexibility index (Phi) is 5.45. The van der Waals surface area contributed by atoms with Crippen molar-refractivity contribution in [1.82, 2.24) is 4.90 Å². The average Bonchev–Trinajstić information content (AvgIpc) is 2.37. The lowest BCUT2D eigenvalue weighted by molar-refractivity contribution is 0.0721. The van der Waals surface area contributed by atoms with Crippen molar-refractivity contribution in [2.75, 3.05) is 26.8 Å². The van der Waals surface area contributed by atoms with Crippen molar-refractivity contribution in [3.8, 4) is 11.5 Å². The summed E-state index contributed by atoms with van der Waals surface area (Å²) in [7, 11) is 1.45. The van der Waals surface area contributed by atoms with Gasteiger partial charge in [-0.3, -0.25) is 4.79 Å². The molecule has 0 bridgehead atoms. The van der Waals surface area contributed by atoms with Gasteiger partial charge in [0.15, 0.2) is 11.5 Å². The third-order valence-corrected chi connectivity index (χ3v) is 2.58. The number of aromatic hydroxyl groups is 1. The molecule has 0 spiro atoms. The van der Waals surface area contributed by atoms with Crippen molar-refractivity contribution in [3.63, 3.8) is 0 Å². The normalized spacial score (nSPS) is 10.2. The topological polar surface area (TPSA) is 70.0 Å². The Hall–Kier alpha value is -1.75. The molecule has 0 radical (unpaired) electrons. The molecule has 2 N–H and O–H groups in total. The minimum Gasteiger partial charge on any atom is -0.504 e. The standard InChI is InChI=1S/C13H19NO4/c1-3-6-14(7-8-15)13(17)10-4-5-12(18-2)11(16)9-10/h4-5,9,15-16H,3,6-8H2,1-2H3. The molecule has 0 heterocycles. The van der Waals surface area contributed by atoms with E-state index in [-0.39, 0.29) is 18.3 Å². The van der Waals surface area contributed by atoms with Gasteiger partial charge in [0.25, 0.3) is 5.91 Å². The summed E-state index contributed by atoms with van der Waals surface area (Å²) in [6.45, 7) is 2.75. The van der Waals surface area contributed by atoms with Gasteiger partial charge in [0, 0.05) is 18.7 Å². The molecule has 0 aliphatic carbocycles. The van der Waals surface area contributed by atoms with Gasteiger partial charge < -0.3 is 19.8 Å². The lowest BCUT2D eigenvalue weighted by Gasteiger charge is -2.21. The van der Waals surface area contributed by atoms with E-state index in [0.29, 0.717) is 24.4 Å². The van der Waals surface area contributed by atoms with Gasteiger partial charge in [-0.2, -0.15) is 0 Å². The maximum absolute atomic E-state index is 12.1. The molecular formula is C13H19NO4. The van der Waals surface area contributed by atoms with E-state index in [1.807, 2.05) is 6.92 Å². The van der Waals surface area contributed by atoms with Gasteiger partial charge in [0.1, 0.15) is 0 Å². The number of rotatable bonds is 6. The van der Waals surface area contributed by atoms with Gasteiger partial charge in [-0.1, -0.05) is 6.92 Å². The fraction of sp³-hybridized carbons (Fsp3) is 0.462. The van der Waals surface area contributed by atoms with Crippen LogP contribution in [0.4, 0.5) is 0 Å². The highest BCUT2D eigenvalue weighted by molar-refractivity contribution is 5.94. The van der Waals surface area contributed by atoms with Crippen LogP contribution < -0.4 is 4.74 Å². The highest BCUT2D eigenvalue weighted by Crippen LogP contribution is 2.26. The van der Waals surface area contributed by atoms with Crippen LogP contribution >= 0.6 is 0 Å². The van der Waals surface area contributed by atoms with Gasteiger partial charge in [-0.25, -0.2) is 0 Å². The van der Waals surface area contributed by atoms with Gasteiger partial charge in [0.05, 0.1) is 13.7 Å². The van der Waals surface area contributed by atoms with E-state index in [1.54, 1.807) is 17.0 Å². The van der Waals surface area contributed by atoms with E-state index >= 15 is 0 Å². The zero-order chi connectivity index (χ0) is 13.5. The molecule has 100 valence electrons. The van der Waals surface area contributed by atoms with Crippen LogP contribution in [0, 0.1) is 0 Å². The highest BCUT2D eigenvalue weighted by atomic mass is 16.5. The number of benzene rings is 1. The number of nitrogens with zero attached hydrogens (tertiary/aromatic N) is 1. The number of hydrogen-bond acceptors (Lipinski definition) is 4. The van der Waals surface area contributed by atoms with Crippen LogP contribution in [-0.2, 0) is 0 Å². The first-order valence-electron chi connectivity index (χ1n) is 5.91. The van der Waals surface area contributed by atoms with E-state index < -0.39 is 0 Å². The Morgan fingerprint density at radius 3 is 2.61 bits per heavy atom. The van der Waals surface area contributed by atoms with E-state index in [4.69, 9.17) is 9.84 Å². The zero-order valence-corrected chi connectivity index (χ0v) is 10.7. The summed E-state index contributed by atoms with van der Waals surface area (Å²) in [5, 5.41) is 18.6. The first kappa shape index (κ1) is 14.3. The quantitative estimate of drug-likeness (QED) is 0.800. The van der Waals surface area contributed by atoms with Crippen LogP contribution in [0.5, 0.6) is 11.5 Å². The predicted octanol–water partition coefficient (Wildman–Crippen LogP) is 1.25. The summed E-state index contributed by atoms with van der Waals surface area (Å²) in [4.78, 5) is 13.7. The number of carbonyl (C=O) groups excluding carboxylic acids is 1. The highest BCUT2D eigenvalue weighted by Gasteiger charge is 2.16. The molecule has 18 heavy (non-hydrogen) atoms. The van der Waals surface area contributed by atoms with Crippen molar-refractivity contribution < 1.29 is 19.7 Å². The molecule has 1 aromatic carbocycles. The molecule has 1 amide bonds. The number of aliphatic hydroxyl groups excluding tert-OH is 1. The van der Waals surface area contributed by atoms with Crippen LogP contribution in [0.2, 0.25) is 0 Å². The second-order valence-electron chi connectivity index (χ2n) is 3.90. The van der Waals surface area contributed by atoms with E-state index in [2.05, 4.69) is 0 Å². The molecule has 0 saturated heterocycles. The average molecular weight is 253 g/mol. The Bertz CT molecular complexity index is 400. The summed E-state index contributed by atoms with van der Waals surface area (Å²) in [6, 6.07) is 4.52. The van der Waals surface area contributed by atoms with Crippen molar-refractivity contribution in [1.29, 1.82) is 0 Å². The number of hydrogen-bond donors (Lipinski definition) is 2.